The molecule has 0 aliphatic rings. The number of aryl methyl sites for hydroxylation is 1. The topological polar surface area (TPSA) is 81.9 Å². The van der Waals surface area contributed by atoms with Gasteiger partial charge in [-0.05, 0) is 55.7 Å². The molecule has 0 fully saturated rings. The molecule has 0 aliphatic heterocycles. The summed E-state index contributed by atoms with van der Waals surface area (Å²) in [6, 6.07) is 9.92. The maximum absolute atomic E-state index is 12.6. The molecule has 3 aromatic rings. The van der Waals surface area contributed by atoms with Gasteiger partial charge >= 0.3 is 5.97 Å². The first-order valence-corrected chi connectivity index (χ1v) is 10.0. The Kier molecular flexibility index (Phi) is 6.72. The highest BCUT2D eigenvalue weighted by atomic mass is 16.5. The molecule has 0 saturated carbocycles. The summed E-state index contributed by atoms with van der Waals surface area (Å²) in [6.07, 6.45) is 3.79. The minimum atomic E-state index is -0.761. The third-order valence-corrected chi connectivity index (χ3v) is 4.65. The average Bonchev–Trinajstić information content (AvgIpc) is 3.12. The van der Waals surface area contributed by atoms with Crippen LogP contribution in [0.15, 0.2) is 48.8 Å². The lowest BCUT2D eigenvalue weighted by molar-refractivity contribution is -0.148. The van der Waals surface area contributed by atoms with E-state index in [1.807, 2.05) is 56.6 Å². The predicted molar refractivity (Wildman–Crippen MR) is 113 cm³/mol. The average molecular weight is 409 g/mol. The van der Waals surface area contributed by atoms with Crippen LogP contribution in [0.2, 0.25) is 0 Å². The van der Waals surface area contributed by atoms with Crippen LogP contribution in [0.3, 0.4) is 0 Å². The number of nitrogens with one attached hydrogen (secondary N) is 1. The van der Waals surface area contributed by atoms with Crippen LogP contribution in [0.1, 0.15) is 42.4 Å². The number of hydrogen-bond donors (Lipinski definition) is 1. The molecule has 0 unspecified atom stereocenters. The lowest BCUT2D eigenvalue weighted by atomic mass is 10.0. The number of carbonyl (C=O) groups excluding carboxylic acids is 2. The Morgan fingerprint density at radius 2 is 1.83 bits per heavy atom. The molecule has 0 saturated heterocycles. The summed E-state index contributed by atoms with van der Waals surface area (Å²) in [7, 11) is 0. The molecule has 2 heterocycles. The molecular weight excluding hydrogens is 382 g/mol. The molecule has 1 N–H and O–H groups in total. The summed E-state index contributed by atoms with van der Waals surface area (Å²) in [5.74, 6) is -0.265. The third-order valence-electron chi connectivity index (χ3n) is 4.65. The molecule has 0 spiro atoms. The van der Waals surface area contributed by atoms with Crippen molar-refractivity contribution in [1.29, 1.82) is 0 Å². The van der Waals surface area contributed by atoms with E-state index in [0.717, 1.165) is 11.2 Å². The van der Waals surface area contributed by atoms with Gasteiger partial charge in [0.15, 0.2) is 0 Å². The number of imidazole rings is 1. The summed E-state index contributed by atoms with van der Waals surface area (Å²) in [5, 5.41) is 2.77. The summed E-state index contributed by atoms with van der Waals surface area (Å²) in [4.78, 5) is 29.7. The monoisotopic (exact) mass is 409 g/mol. The molecule has 158 valence electrons. The van der Waals surface area contributed by atoms with E-state index >= 15 is 0 Å². The van der Waals surface area contributed by atoms with Crippen molar-refractivity contribution in [3.63, 3.8) is 0 Å². The van der Waals surface area contributed by atoms with Gasteiger partial charge < -0.3 is 19.2 Å². The minimum Gasteiger partial charge on any atom is -0.494 e. The van der Waals surface area contributed by atoms with Crippen molar-refractivity contribution in [3.8, 4) is 5.75 Å². The fourth-order valence-electron chi connectivity index (χ4n) is 3.05. The molecule has 2 aromatic heterocycles. The van der Waals surface area contributed by atoms with Crippen LogP contribution in [-0.2, 0) is 16.1 Å². The highest BCUT2D eigenvalue weighted by Crippen LogP contribution is 2.14. The Balaban J connectivity index is 1.62. The van der Waals surface area contributed by atoms with Gasteiger partial charge in [-0.15, -0.1) is 0 Å². The molecule has 7 nitrogen and oxygen atoms in total. The Labute approximate surface area is 176 Å². The maximum Gasteiger partial charge on any atom is 0.329 e. The van der Waals surface area contributed by atoms with Gasteiger partial charge in [0.25, 0.3) is 5.91 Å². The zero-order chi connectivity index (χ0) is 21.7. The van der Waals surface area contributed by atoms with E-state index in [2.05, 4.69) is 10.3 Å². The van der Waals surface area contributed by atoms with Gasteiger partial charge in [-0.2, -0.15) is 0 Å². The molecule has 3 rings (SSSR count). The van der Waals surface area contributed by atoms with E-state index in [9.17, 15) is 9.59 Å². The minimum absolute atomic E-state index is 0.0434. The third kappa shape index (κ3) is 5.17. The summed E-state index contributed by atoms with van der Waals surface area (Å²) in [5.41, 5.74) is 3.00. The van der Waals surface area contributed by atoms with Crippen LogP contribution in [0.5, 0.6) is 5.75 Å². The molecule has 0 bridgehead atoms. The summed E-state index contributed by atoms with van der Waals surface area (Å²) in [6.45, 7) is 8.21. The number of ether oxygens (including phenoxy) is 2. The zero-order valence-electron chi connectivity index (χ0n) is 17.7. The molecule has 30 heavy (non-hydrogen) atoms. The van der Waals surface area contributed by atoms with Gasteiger partial charge in [-0.1, -0.05) is 19.9 Å². The smallest absolute Gasteiger partial charge is 0.329 e. The highest BCUT2D eigenvalue weighted by Gasteiger charge is 2.26. The van der Waals surface area contributed by atoms with Crippen molar-refractivity contribution in [2.24, 2.45) is 5.92 Å². The Hall–Kier alpha value is -3.35. The Morgan fingerprint density at radius 1 is 1.10 bits per heavy atom. The molecule has 1 atom stereocenters. The number of aromatic nitrogens is 2. The Bertz CT molecular complexity index is 1020. The van der Waals surface area contributed by atoms with E-state index < -0.39 is 12.0 Å². The lowest BCUT2D eigenvalue weighted by Crippen LogP contribution is -2.45. The van der Waals surface area contributed by atoms with E-state index in [-0.39, 0.29) is 18.4 Å². The second-order valence-electron chi connectivity index (χ2n) is 7.46. The predicted octanol–water partition coefficient (Wildman–Crippen LogP) is 3.54. The molecule has 1 aromatic carbocycles. The number of nitrogens with zero attached hydrogens (tertiary/aromatic N) is 2. The van der Waals surface area contributed by atoms with Gasteiger partial charge in [0, 0.05) is 18.0 Å². The first-order valence-electron chi connectivity index (χ1n) is 10.0. The summed E-state index contributed by atoms with van der Waals surface area (Å²) >= 11 is 0. The van der Waals surface area contributed by atoms with E-state index in [0.29, 0.717) is 23.6 Å². The number of benzene rings is 1. The van der Waals surface area contributed by atoms with Gasteiger partial charge in [0.05, 0.1) is 12.3 Å². The normalized spacial score (nSPS) is 12.0. The van der Waals surface area contributed by atoms with Gasteiger partial charge in [-0.25, -0.2) is 9.78 Å². The highest BCUT2D eigenvalue weighted by molar-refractivity contribution is 5.96. The fourth-order valence-corrected chi connectivity index (χ4v) is 3.05. The zero-order valence-corrected chi connectivity index (χ0v) is 17.7. The fraction of sp³-hybridized carbons (Fsp3) is 0.348. The molecule has 7 heteroatoms. The van der Waals surface area contributed by atoms with Crippen molar-refractivity contribution in [2.75, 3.05) is 6.61 Å². The van der Waals surface area contributed by atoms with Crippen LogP contribution >= 0.6 is 0 Å². The first-order chi connectivity index (χ1) is 14.4. The molecular formula is C23H27N3O4. The van der Waals surface area contributed by atoms with Gasteiger partial charge in [-0.3, -0.25) is 4.79 Å². The first kappa shape index (κ1) is 21.4. The van der Waals surface area contributed by atoms with Crippen molar-refractivity contribution < 1.29 is 19.1 Å². The van der Waals surface area contributed by atoms with Crippen LogP contribution in [0, 0.1) is 12.8 Å². The second kappa shape index (κ2) is 9.43. The number of amides is 1. The Morgan fingerprint density at radius 3 is 2.50 bits per heavy atom. The van der Waals surface area contributed by atoms with Gasteiger partial charge in [0.2, 0.25) is 0 Å². The number of hydrogen-bond acceptors (Lipinski definition) is 5. The number of pyridine rings is 1. The van der Waals surface area contributed by atoms with Crippen LogP contribution < -0.4 is 10.1 Å². The van der Waals surface area contributed by atoms with Crippen LogP contribution in [0.4, 0.5) is 0 Å². The van der Waals surface area contributed by atoms with Gasteiger partial charge in [0.1, 0.15) is 24.0 Å². The standard InChI is InChI=1S/C23H27N3O4/c1-5-29-19-9-7-17(8-10-19)22(27)25-21(15(2)3)23(28)30-14-18-13-26-12-16(4)6-11-20(26)24-18/h6-13,15,21H,5,14H2,1-4H3,(H,25,27)/t21-/m0/s1. The summed E-state index contributed by atoms with van der Waals surface area (Å²) < 4.78 is 12.7. The van der Waals surface area contributed by atoms with Crippen molar-refractivity contribution in [3.05, 3.63) is 65.6 Å². The van der Waals surface area contributed by atoms with Crippen molar-refractivity contribution >= 4 is 17.5 Å². The lowest BCUT2D eigenvalue weighted by Gasteiger charge is -2.20. The molecule has 0 aliphatic carbocycles. The second-order valence-corrected chi connectivity index (χ2v) is 7.46. The van der Waals surface area contributed by atoms with E-state index in [1.165, 1.54) is 0 Å². The number of carbonyl (C=O) groups is 2. The van der Waals surface area contributed by atoms with E-state index in [4.69, 9.17) is 9.47 Å². The van der Waals surface area contributed by atoms with Crippen LogP contribution in [-0.4, -0.2) is 33.9 Å². The van der Waals surface area contributed by atoms with E-state index in [1.54, 1.807) is 24.3 Å². The number of esters is 1. The van der Waals surface area contributed by atoms with Crippen molar-refractivity contribution in [2.45, 2.75) is 40.3 Å². The number of rotatable bonds is 8. The maximum atomic E-state index is 12.6. The molecule has 1 amide bonds. The largest absolute Gasteiger partial charge is 0.494 e. The SMILES string of the molecule is CCOc1ccc(C(=O)N[C@H](C(=O)OCc2cn3cc(C)ccc3n2)C(C)C)cc1. The number of fused-ring (bicyclic) bond motifs is 1. The quantitative estimate of drug-likeness (QED) is 0.576. The van der Waals surface area contributed by atoms with Crippen molar-refractivity contribution in [1.82, 2.24) is 14.7 Å². The molecule has 0 radical (unpaired) electrons. The van der Waals surface area contributed by atoms with Crippen LogP contribution in [0.25, 0.3) is 5.65 Å².